The van der Waals surface area contributed by atoms with Crippen molar-refractivity contribution >= 4 is 16.9 Å². The molecular formula is C12H17NO3S. The average Bonchev–Trinajstić information content (AvgIpc) is 2.27. The smallest absolute Gasteiger partial charge is 0.185 e. The minimum absolute atomic E-state index is 0.0142. The highest BCUT2D eigenvalue weighted by atomic mass is 32.2. The van der Waals surface area contributed by atoms with Crippen molar-refractivity contribution in [2.75, 3.05) is 5.75 Å². The van der Waals surface area contributed by atoms with Gasteiger partial charge in [0.15, 0.2) is 5.12 Å². The highest BCUT2D eigenvalue weighted by Crippen LogP contribution is 2.19. The summed E-state index contributed by atoms with van der Waals surface area (Å²) < 4.78 is 0. The van der Waals surface area contributed by atoms with Gasteiger partial charge in [0, 0.05) is 18.4 Å². The lowest BCUT2D eigenvalue weighted by Crippen LogP contribution is -2.20. The maximum Gasteiger partial charge on any atom is 0.185 e. The summed E-state index contributed by atoms with van der Waals surface area (Å²) in [6, 6.07) is 5.30. The standard InChI is InChI=1S/C12H17NO3S/c1-8-4-3-5-10(13-8)12(16)11(15)6-7-17-9(2)14/h3-5,11-12,15-16H,6-7H2,1-2H3. The van der Waals surface area contributed by atoms with Crippen LogP contribution in [0.15, 0.2) is 18.2 Å². The number of hydrogen-bond donors (Lipinski definition) is 2. The van der Waals surface area contributed by atoms with Crippen molar-refractivity contribution in [1.82, 2.24) is 4.98 Å². The summed E-state index contributed by atoms with van der Waals surface area (Å²) in [7, 11) is 0. The summed E-state index contributed by atoms with van der Waals surface area (Å²) in [5.74, 6) is 0.499. The van der Waals surface area contributed by atoms with Crippen LogP contribution in [-0.2, 0) is 4.79 Å². The summed E-state index contributed by atoms with van der Waals surface area (Å²) in [5.41, 5.74) is 1.26. The first-order valence-electron chi connectivity index (χ1n) is 5.43. The number of aliphatic hydroxyl groups excluding tert-OH is 2. The number of carbonyl (C=O) groups excluding carboxylic acids is 1. The van der Waals surface area contributed by atoms with Gasteiger partial charge in [-0.05, 0) is 25.5 Å². The van der Waals surface area contributed by atoms with Crippen LogP contribution in [0.4, 0.5) is 0 Å². The van der Waals surface area contributed by atoms with E-state index in [0.29, 0.717) is 17.9 Å². The first-order valence-corrected chi connectivity index (χ1v) is 6.42. The number of aliphatic hydroxyl groups is 2. The third-order valence-electron chi connectivity index (χ3n) is 2.30. The predicted molar refractivity (Wildman–Crippen MR) is 67.7 cm³/mol. The van der Waals surface area contributed by atoms with E-state index in [9.17, 15) is 15.0 Å². The Hall–Kier alpha value is -0.910. The van der Waals surface area contributed by atoms with E-state index in [-0.39, 0.29) is 5.12 Å². The normalized spacial score (nSPS) is 14.4. The van der Waals surface area contributed by atoms with Gasteiger partial charge in [-0.25, -0.2) is 0 Å². The van der Waals surface area contributed by atoms with Gasteiger partial charge in [0.2, 0.25) is 0 Å². The highest BCUT2D eigenvalue weighted by Gasteiger charge is 2.19. The SMILES string of the molecule is CC(=O)SCCC(O)C(O)c1cccc(C)n1. The summed E-state index contributed by atoms with van der Waals surface area (Å²) in [6.45, 7) is 3.31. The van der Waals surface area contributed by atoms with E-state index in [0.717, 1.165) is 17.5 Å². The zero-order valence-corrected chi connectivity index (χ0v) is 10.8. The molecular weight excluding hydrogens is 238 g/mol. The van der Waals surface area contributed by atoms with Gasteiger partial charge in [-0.2, -0.15) is 0 Å². The van der Waals surface area contributed by atoms with Crippen LogP contribution < -0.4 is 0 Å². The van der Waals surface area contributed by atoms with Crippen LogP contribution in [0.5, 0.6) is 0 Å². The van der Waals surface area contributed by atoms with Crippen LogP contribution in [0, 0.1) is 6.92 Å². The molecule has 0 aliphatic heterocycles. The molecule has 0 saturated heterocycles. The Kier molecular flexibility index (Phi) is 5.61. The third-order valence-corrected chi connectivity index (χ3v) is 3.14. The van der Waals surface area contributed by atoms with Crippen molar-refractivity contribution < 1.29 is 15.0 Å². The zero-order valence-electron chi connectivity index (χ0n) is 9.96. The summed E-state index contributed by atoms with van der Waals surface area (Å²) in [6.07, 6.45) is -1.53. The summed E-state index contributed by atoms with van der Waals surface area (Å²) >= 11 is 1.14. The molecule has 0 fully saturated rings. The van der Waals surface area contributed by atoms with E-state index in [4.69, 9.17) is 0 Å². The second-order valence-electron chi connectivity index (χ2n) is 3.84. The number of thioether (sulfide) groups is 1. The number of aromatic nitrogens is 1. The van der Waals surface area contributed by atoms with E-state index < -0.39 is 12.2 Å². The van der Waals surface area contributed by atoms with Gasteiger partial charge in [-0.15, -0.1) is 0 Å². The number of nitrogens with zero attached hydrogens (tertiary/aromatic N) is 1. The van der Waals surface area contributed by atoms with Gasteiger partial charge in [-0.3, -0.25) is 9.78 Å². The molecule has 0 bridgehead atoms. The van der Waals surface area contributed by atoms with E-state index in [2.05, 4.69) is 4.98 Å². The molecule has 0 aromatic carbocycles. The lowest BCUT2D eigenvalue weighted by Gasteiger charge is -2.17. The van der Waals surface area contributed by atoms with Crippen molar-refractivity contribution in [2.45, 2.75) is 32.5 Å². The molecule has 1 rings (SSSR count). The van der Waals surface area contributed by atoms with Crippen LogP contribution in [-0.4, -0.2) is 32.2 Å². The Balaban J connectivity index is 2.51. The Morgan fingerprint density at radius 3 is 2.76 bits per heavy atom. The van der Waals surface area contributed by atoms with E-state index in [1.165, 1.54) is 6.92 Å². The Morgan fingerprint density at radius 2 is 2.18 bits per heavy atom. The van der Waals surface area contributed by atoms with Gasteiger partial charge < -0.3 is 10.2 Å². The van der Waals surface area contributed by atoms with Crippen molar-refractivity contribution in [2.24, 2.45) is 0 Å². The molecule has 1 aromatic rings. The van der Waals surface area contributed by atoms with Crippen molar-refractivity contribution in [1.29, 1.82) is 0 Å². The fraction of sp³-hybridized carbons (Fsp3) is 0.500. The largest absolute Gasteiger partial charge is 0.390 e. The maximum absolute atomic E-state index is 10.7. The first kappa shape index (κ1) is 14.2. The number of pyridine rings is 1. The lowest BCUT2D eigenvalue weighted by molar-refractivity contribution is -0.109. The maximum atomic E-state index is 10.7. The van der Waals surface area contributed by atoms with Crippen molar-refractivity contribution in [3.05, 3.63) is 29.6 Å². The molecule has 4 nitrogen and oxygen atoms in total. The third kappa shape index (κ3) is 4.85. The molecule has 1 aromatic heterocycles. The van der Waals surface area contributed by atoms with Crippen LogP contribution >= 0.6 is 11.8 Å². The first-order chi connectivity index (χ1) is 8.00. The van der Waals surface area contributed by atoms with Gasteiger partial charge in [0.25, 0.3) is 0 Å². The van der Waals surface area contributed by atoms with Crippen molar-refractivity contribution in [3.8, 4) is 0 Å². The zero-order chi connectivity index (χ0) is 12.8. The van der Waals surface area contributed by atoms with Gasteiger partial charge in [0.05, 0.1) is 11.8 Å². The Morgan fingerprint density at radius 1 is 1.47 bits per heavy atom. The quantitative estimate of drug-likeness (QED) is 0.833. The molecule has 2 unspecified atom stereocenters. The highest BCUT2D eigenvalue weighted by molar-refractivity contribution is 8.13. The predicted octanol–water partition coefficient (Wildman–Crippen LogP) is 1.45. The molecule has 0 amide bonds. The van der Waals surface area contributed by atoms with Crippen LogP contribution in [0.25, 0.3) is 0 Å². The van der Waals surface area contributed by atoms with Crippen molar-refractivity contribution in [3.63, 3.8) is 0 Å². The van der Waals surface area contributed by atoms with Gasteiger partial charge in [-0.1, -0.05) is 17.8 Å². The lowest BCUT2D eigenvalue weighted by atomic mass is 10.1. The molecule has 2 atom stereocenters. The van der Waals surface area contributed by atoms with E-state index in [1.807, 2.05) is 13.0 Å². The van der Waals surface area contributed by atoms with Gasteiger partial charge in [0.1, 0.15) is 6.10 Å². The fourth-order valence-corrected chi connectivity index (χ4v) is 2.05. The molecule has 0 spiro atoms. The summed E-state index contributed by atoms with van der Waals surface area (Å²) in [4.78, 5) is 14.9. The molecule has 0 radical (unpaired) electrons. The number of hydrogen-bond acceptors (Lipinski definition) is 5. The molecule has 1 heterocycles. The topological polar surface area (TPSA) is 70.4 Å². The molecule has 0 saturated carbocycles. The van der Waals surface area contributed by atoms with Crippen LogP contribution in [0.2, 0.25) is 0 Å². The van der Waals surface area contributed by atoms with Crippen LogP contribution in [0.1, 0.15) is 30.8 Å². The van der Waals surface area contributed by atoms with E-state index >= 15 is 0 Å². The minimum atomic E-state index is -0.998. The van der Waals surface area contributed by atoms with Gasteiger partial charge >= 0.3 is 0 Å². The second kappa shape index (κ2) is 6.74. The molecule has 17 heavy (non-hydrogen) atoms. The molecule has 5 heteroatoms. The fourth-order valence-electron chi connectivity index (χ4n) is 1.41. The Bertz CT molecular complexity index is 384. The number of aryl methyl sites for hydroxylation is 1. The average molecular weight is 255 g/mol. The van der Waals surface area contributed by atoms with Crippen LogP contribution in [0.3, 0.4) is 0 Å². The molecule has 2 N–H and O–H groups in total. The molecule has 0 aliphatic carbocycles. The van der Waals surface area contributed by atoms with E-state index in [1.54, 1.807) is 12.1 Å². The Labute approximate surface area is 105 Å². The monoisotopic (exact) mass is 255 g/mol. The number of carbonyl (C=O) groups is 1. The summed E-state index contributed by atoms with van der Waals surface area (Å²) in [5, 5.41) is 19.6. The molecule has 94 valence electrons. The number of rotatable bonds is 5. The molecule has 0 aliphatic rings. The minimum Gasteiger partial charge on any atom is -0.390 e. The second-order valence-corrected chi connectivity index (χ2v) is 5.12.